The largest absolute Gasteiger partial charge is 0.388 e. The molecule has 0 saturated carbocycles. The molecule has 78 valence electrons. The van der Waals surface area contributed by atoms with Gasteiger partial charge >= 0.3 is 0 Å². The third kappa shape index (κ3) is 2.39. The molecule has 1 aromatic heterocycles. The minimum absolute atomic E-state index is 0.0824. The van der Waals surface area contributed by atoms with Gasteiger partial charge in [-0.05, 0) is 19.1 Å². The molecular weight excluding hydrogens is 204 g/mol. The summed E-state index contributed by atoms with van der Waals surface area (Å²) in [5.74, 6) is 0.209. The highest BCUT2D eigenvalue weighted by Crippen LogP contribution is 1.97. The van der Waals surface area contributed by atoms with Crippen molar-refractivity contribution in [1.82, 2.24) is 20.1 Å². The minimum Gasteiger partial charge on any atom is -0.388 e. The Labute approximate surface area is 85.9 Å². The molecule has 1 amide bonds. The van der Waals surface area contributed by atoms with E-state index in [0.29, 0.717) is 17.1 Å². The maximum atomic E-state index is 11.2. The van der Waals surface area contributed by atoms with E-state index in [1.807, 2.05) is 6.92 Å². The van der Waals surface area contributed by atoms with E-state index in [1.165, 1.54) is 4.57 Å². The number of nitrogens with zero attached hydrogens (tertiary/aromatic N) is 2. The van der Waals surface area contributed by atoms with Crippen LogP contribution in [0.1, 0.15) is 12.7 Å². The molecule has 1 rings (SSSR count). The number of rotatable bonds is 4. The van der Waals surface area contributed by atoms with Gasteiger partial charge < -0.3 is 10.4 Å². The van der Waals surface area contributed by atoms with Crippen LogP contribution in [-0.2, 0) is 17.9 Å². The van der Waals surface area contributed by atoms with Crippen LogP contribution in [0.4, 0.5) is 0 Å². The topological polar surface area (TPSA) is 82.9 Å². The van der Waals surface area contributed by atoms with E-state index in [9.17, 15) is 4.79 Å². The van der Waals surface area contributed by atoms with Gasteiger partial charge in [0, 0.05) is 6.54 Å². The Morgan fingerprint density at radius 2 is 2.50 bits per heavy atom. The highest BCUT2D eigenvalue weighted by atomic mass is 32.1. The lowest BCUT2D eigenvalue weighted by Crippen LogP contribution is -2.27. The van der Waals surface area contributed by atoms with Crippen molar-refractivity contribution in [2.24, 2.45) is 0 Å². The van der Waals surface area contributed by atoms with Gasteiger partial charge in [-0.25, -0.2) is 0 Å². The van der Waals surface area contributed by atoms with Gasteiger partial charge in [0.1, 0.15) is 13.2 Å². The van der Waals surface area contributed by atoms with E-state index >= 15 is 0 Å². The molecule has 6 nitrogen and oxygen atoms in total. The summed E-state index contributed by atoms with van der Waals surface area (Å²) in [6.45, 7) is 2.24. The zero-order valence-corrected chi connectivity index (χ0v) is 8.60. The lowest BCUT2D eigenvalue weighted by molar-refractivity contribution is -0.121. The Balaban J connectivity index is 2.79. The highest BCUT2D eigenvalue weighted by Gasteiger charge is 2.08. The molecule has 0 spiro atoms. The average molecular weight is 216 g/mol. The molecule has 7 heteroatoms. The van der Waals surface area contributed by atoms with Crippen LogP contribution in [0, 0.1) is 4.77 Å². The predicted molar refractivity (Wildman–Crippen MR) is 52.0 cm³/mol. The summed E-state index contributed by atoms with van der Waals surface area (Å²) in [5, 5.41) is 17.8. The molecule has 0 aromatic carbocycles. The second kappa shape index (κ2) is 4.87. The van der Waals surface area contributed by atoms with Crippen LogP contribution in [0.3, 0.4) is 0 Å². The van der Waals surface area contributed by atoms with E-state index in [0.717, 1.165) is 0 Å². The number of amides is 1. The molecular formula is C7H12N4O2S. The smallest absolute Gasteiger partial charge is 0.240 e. The first-order chi connectivity index (χ1) is 6.69. The van der Waals surface area contributed by atoms with Crippen molar-refractivity contribution < 1.29 is 9.90 Å². The molecule has 0 aliphatic heterocycles. The lowest BCUT2D eigenvalue weighted by atomic mass is 10.5. The number of carbonyl (C=O) groups is 1. The number of carbonyl (C=O) groups excluding carboxylic acids is 1. The second-order valence-corrected chi connectivity index (χ2v) is 3.03. The first-order valence-electron chi connectivity index (χ1n) is 4.20. The molecule has 0 atom stereocenters. The zero-order valence-electron chi connectivity index (χ0n) is 7.78. The number of aliphatic hydroxyl groups is 1. The molecule has 0 saturated heterocycles. The number of nitrogens with one attached hydrogen (secondary N) is 2. The van der Waals surface area contributed by atoms with Crippen molar-refractivity contribution >= 4 is 18.1 Å². The van der Waals surface area contributed by atoms with Crippen LogP contribution < -0.4 is 5.32 Å². The maximum absolute atomic E-state index is 11.2. The fourth-order valence-electron chi connectivity index (χ4n) is 1.03. The van der Waals surface area contributed by atoms with Gasteiger partial charge in [-0.15, -0.1) is 0 Å². The molecule has 3 N–H and O–H groups in total. The number of aromatic amines is 1. The minimum atomic E-state index is -0.244. The standard InChI is InChI=1S/C7H12N4O2S/c1-2-8-6(13)3-11-5(4-12)9-10-7(11)14/h12H,2-4H2,1H3,(H,8,13)(H,10,14). The van der Waals surface area contributed by atoms with Gasteiger partial charge in [-0.2, -0.15) is 5.10 Å². The van der Waals surface area contributed by atoms with E-state index in [4.69, 9.17) is 17.3 Å². The zero-order chi connectivity index (χ0) is 10.6. The second-order valence-electron chi connectivity index (χ2n) is 2.64. The van der Waals surface area contributed by atoms with Crippen LogP contribution in [0.25, 0.3) is 0 Å². The van der Waals surface area contributed by atoms with Gasteiger partial charge in [0.25, 0.3) is 0 Å². The SMILES string of the molecule is CCNC(=O)Cn1c(CO)n[nH]c1=S. The molecule has 14 heavy (non-hydrogen) atoms. The van der Waals surface area contributed by atoms with E-state index in [1.54, 1.807) is 0 Å². The Hall–Kier alpha value is -1.21. The quantitative estimate of drug-likeness (QED) is 0.596. The van der Waals surface area contributed by atoms with Crippen LogP contribution in [-0.4, -0.2) is 32.3 Å². The van der Waals surface area contributed by atoms with Crippen molar-refractivity contribution in [2.75, 3.05) is 6.54 Å². The van der Waals surface area contributed by atoms with Gasteiger partial charge in [0.05, 0.1) is 0 Å². The van der Waals surface area contributed by atoms with Crippen LogP contribution in [0.2, 0.25) is 0 Å². The van der Waals surface area contributed by atoms with Crippen LogP contribution >= 0.6 is 12.2 Å². The van der Waals surface area contributed by atoms with Crippen molar-refractivity contribution in [3.8, 4) is 0 Å². The van der Waals surface area contributed by atoms with E-state index in [2.05, 4.69) is 15.5 Å². The van der Waals surface area contributed by atoms with Crippen molar-refractivity contribution in [3.05, 3.63) is 10.6 Å². The lowest BCUT2D eigenvalue weighted by Gasteiger charge is -2.04. The molecule has 1 heterocycles. The van der Waals surface area contributed by atoms with Gasteiger partial charge in [0.2, 0.25) is 5.91 Å². The molecule has 0 aliphatic rings. The Morgan fingerprint density at radius 3 is 3.07 bits per heavy atom. The summed E-state index contributed by atoms with van der Waals surface area (Å²) in [7, 11) is 0. The summed E-state index contributed by atoms with van der Waals surface area (Å²) in [6.07, 6.45) is 0. The molecule has 0 aliphatic carbocycles. The van der Waals surface area contributed by atoms with E-state index < -0.39 is 0 Å². The summed E-state index contributed by atoms with van der Waals surface area (Å²) in [6, 6.07) is 0. The maximum Gasteiger partial charge on any atom is 0.240 e. The van der Waals surface area contributed by atoms with Gasteiger partial charge in [0.15, 0.2) is 10.6 Å². The molecule has 0 fully saturated rings. The number of aromatic nitrogens is 3. The Kier molecular flexibility index (Phi) is 3.78. The van der Waals surface area contributed by atoms with E-state index in [-0.39, 0.29) is 19.1 Å². The normalized spacial score (nSPS) is 10.1. The third-order valence-corrected chi connectivity index (χ3v) is 1.97. The summed E-state index contributed by atoms with van der Waals surface area (Å²) in [5.41, 5.74) is 0. The van der Waals surface area contributed by atoms with Crippen molar-refractivity contribution in [2.45, 2.75) is 20.1 Å². The van der Waals surface area contributed by atoms with Crippen LogP contribution in [0.5, 0.6) is 0 Å². The Bertz CT molecular complexity index is 370. The first-order valence-corrected chi connectivity index (χ1v) is 4.61. The highest BCUT2D eigenvalue weighted by molar-refractivity contribution is 7.71. The predicted octanol–water partition coefficient (Wildman–Crippen LogP) is -0.431. The van der Waals surface area contributed by atoms with Gasteiger partial charge in [-0.3, -0.25) is 14.5 Å². The molecule has 0 radical (unpaired) electrons. The summed E-state index contributed by atoms with van der Waals surface area (Å²) >= 11 is 4.90. The Morgan fingerprint density at radius 1 is 1.79 bits per heavy atom. The van der Waals surface area contributed by atoms with Crippen molar-refractivity contribution in [1.29, 1.82) is 0 Å². The number of H-pyrrole nitrogens is 1. The molecule has 1 aromatic rings. The first kappa shape index (κ1) is 10.9. The number of hydrogen-bond donors (Lipinski definition) is 3. The van der Waals surface area contributed by atoms with Crippen molar-refractivity contribution in [3.63, 3.8) is 0 Å². The van der Waals surface area contributed by atoms with Gasteiger partial charge in [-0.1, -0.05) is 0 Å². The van der Waals surface area contributed by atoms with Crippen LogP contribution in [0.15, 0.2) is 0 Å². The number of likely N-dealkylation sites (N-methyl/N-ethyl adjacent to an activating group) is 1. The summed E-state index contributed by atoms with van der Waals surface area (Å²) in [4.78, 5) is 11.2. The monoisotopic (exact) mass is 216 g/mol. The fraction of sp³-hybridized carbons (Fsp3) is 0.571. The third-order valence-electron chi connectivity index (χ3n) is 1.65. The number of hydrogen-bond acceptors (Lipinski definition) is 4. The molecule has 0 unspecified atom stereocenters. The fourth-order valence-corrected chi connectivity index (χ4v) is 1.25. The average Bonchev–Trinajstić information content (AvgIpc) is 2.48. The molecule has 0 bridgehead atoms. The summed E-state index contributed by atoms with van der Waals surface area (Å²) < 4.78 is 1.79. The number of aliphatic hydroxyl groups excluding tert-OH is 1.